The van der Waals surface area contributed by atoms with Gasteiger partial charge in [-0.15, -0.1) is 0 Å². The van der Waals surface area contributed by atoms with Gasteiger partial charge in [0.15, 0.2) is 0 Å². The number of piperazine rings is 1. The third-order valence-corrected chi connectivity index (χ3v) is 5.32. The van der Waals surface area contributed by atoms with Crippen LogP contribution in [0.5, 0.6) is 0 Å². The van der Waals surface area contributed by atoms with E-state index in [1.54, 1.807) is 12.1 Å². The van der Waals surface area contributed by atoms with Crippen LogP contribution in [0.25, 0.3) is 6.08 Å². The van der Waals surface area contributed by atoms with Gasteiger partial charge in [-0.05, 0) is 35.7 Å². The van der Waals surface area contributed by atoms with Crippen LogP contribution in [0.1, 0.15) is 29.5 Å². The van der Waals surface area contributed by atoms with Crippen molar-refractivity contribution < 1.29 is 4.39 Å². The summed E-state index contributed by atoms with van der Waals surface area (Å²) in [5, 5.41) is 3.52. The maximum absolute atomic E-state index is 13.4. The molecule has 0 amide bonds. The van der Waals surface area contributed by atoms with E-state index in [1.165, 1.54) is 17.2 Å². The summed E-state index contributed by atoms with van der Waals surface area (Å²) < 4.78 is 13.4. The summed E-state index contributed by atoms with van der Waals surface area (Å²) >= 11 is 0. The number of benzene rings is 2. The molecule has 0 aromatic heterocycles. The van der Waals surface area contributed by atoms with Gasteiger partial charge in [0.05, 0.1) is 0 Å². The first-order valence-electron chi connectivity index (χ1n) is 8.70. The Morgan fingerprint density at radius 3 is 2.54 bits per heavy atom. The summed E-state index contributed by atoms with van der Waals surface area (Å²) in [6.07, 6.45) is 4.20. The van der Waals surface area contributed by atoms with Crippen LogP contribution in [0, 0.1) is 5.82 Å². The van der Waals surface area contributed by atoms with Gasteiger partial charge in [0, 0.05) is 37.6 Å². The zero-order valence-electron chi connectivity index (χ0n) is 14.0. The number of likely N-dealkylation sites (tertiary alicyclic amines) is 1. The number of halogens is 1. The number of hydrogen-bond acceptors (Lipinski definition) is 2. The highest BCUT2D eigenvalue weighted by atomic mass is 19.1. The van der Waals surface area contributed by atoms with Gasteiger partial charge in [0.2, 0.25) is 0 Å². The van der Waals surface area contributed by atoms with Crippen molar-refractivity contribution in [1.29, 1.82) is 0 Å². The molecule has 3 heteroatoms. The number of piperidine rings is 1. The Bertz CT molecular complexity index is 726. The smallest absolute Gasteiger partial charge is 0.123 e. The highest BCUT2D eigenvalue weighted by Gasteiger charge is 2.50. The van der Waals surface area contributed by atoms with E-state index in [2.05, 4.69) is 46.6 Å². The number of hydrogen-bond donors (Lipinski definition) is 1. The Balaban J connectivity index is 1.51. The summed E-state index contributed by atoms with van der Waals surface area (Å²) in [7, 11) is 0. The monoisotopic (exact) mass is 322 g/mol. The predicted molar refractivity (Wildman–Crippen MR) is 96.3 cm³/mol. The fourth-order valence-electron chi connectivity index (χ4n) is 4.23. The first kappa shape index (κ1) is 15.6. The average molecular weight is 322 g/mol. The molecule has 0 aliphatic carbocycles. The van der Waals surface area contributed by atoms with Crippen molar-refractivity contribution in [2.24, 2.45) is 0 Å². The van der Waals surface area contributed by atoms with Gasteiger partial charge < -0.3 is 5.32 Å². The number of fused-ring (bicyclic) bond motifs is 2. The topological polar surface area (TPSA) is 15.3 Å². The van der Waals surface area contributed by atoms with Crippen molar-refractivity contribution in [3.05, 3.63) is 77.1 Å². The molecule has 2 aliphatic rings. The lowest BCUT2D eigenvalue weighted by molar-refractivity contribution is -0.0483. The summed E-state index contributed by atoms with van der Waals surface area (Å²) in [4.78, 5) is 2.52. The Kier molecular flexibility index (Phi) is 4.21. The molecule has 2 heterocycles. The van der Waals surface area contributed by atoms with E-state index in [4.69, 9.17) is 0 Å². The lowest BCUT2D eigenvalue weighted by Gasteiger charge is -2.59. The lowest BCUT2D eigenvalue weighted by atomic mass is 9.72. The van der Waals surface area contributed by atoms with Crippen LogP contribution in [-0.2, 0) is 6.54 Å². The molecule has 1 unspecified atom stereocenters. The molecule has 0 spiro atoms. The molecule has 2 saturated heterocycles. The van der Waals surface area contributed by atoms with Gasteiger partial charge in [-0.3, -0.25) is 4.90 Å². The van der Waals surface area contributed by atoms with Gasteiger partial charge >= 0.3 is 0 Å². The molecule has 2 aliphatic heterocycles. The molecule has 2 bridgehead atoms. The predicted octanol–water partition coefficient (Wildman–Crippen LogP) is 3.80. The van der Waals surface area contributed by atoms with E-state index in [-0.39, 0.29) is 5.82 Å². The molecule has 2 nitrogen and oxygen atoms in total. The molecule has 2 fully saturated rings. The molecule has 2 aromatic carbocycles. The molecular weight excluding hydrogens is 299 g/mol. The molecule has 1 N–H and O–H groups in total. The summed E-state index contributed by atoms with van der Waals surface area (Å²) in [6.45, 7) is 4.89. The second-order valence-electron chi connectivity index (χ2n) is 6.79. The summed E-state index contributed by atoms with van der Waals surface area (Å²) in [5.74, 6) is 0.437. The van der Waals surface area contributed by atoms with E-state index < -0.39 is 0 Å². The Labute approximate surface area is 143 Å². The van der Waals surface area contributed by atoms with E-state index in [1.807, 2.05) is 13.0 Å². The summed E-state index contributed by atoms with van der Waals surface area (Å²) in [6, 6.07) is 16.9. The fourth-order valence-corrected chi connectivity index (χ4v) is 4.23. The standard InChI is InChI=1S/C21H23FN2/c1-2-4-15-7-9-17(10-8-15)21-19-12-23-13-20(21)24(19)14-16-5-3-6-18(22)11-16/h2-11,19-21,23H,12-14H2,1H3/b4-2+/t19-,20+,21?. The van der Waals surface area contributed by atoms with Crippen molar-refractivity contribution in [3.8, 4) is 0 Å². The zero-order chi connectivity index (χ0) is 16.5. The largest absolute Gasteiger partial charge is 0.314 e. The number of nitrogens with zero attached hydrogens (tertiary/aromatic N) is 1. The van der Waals surface area contributed by atoms with Gasteiger partial charge in [0.25, 0.3) is 0 Å². The average Bonchev–Trinajstić information content (AvgIpc) is 2.61. The minimum Gasteiger partial charge on any atom is -0.314 e. The van der Waals surface area contributed by atoms with Crippen molar-refractivity contribution in [3.63, 3.8) is 0 Å². The number of rotatable bonds is 4. The normalized spacial score (nSPS) is 26.5. The second-order valence-corrected chi connectivity index (χ2v) is 6.79. The molecule has 24 heavy (non-hydrogen) atoms. The van der Waals surface area contributed by atoms with Gasteiger partial charge in [-0.2, -0.15) is 0 Å². The molecule has 3 atom stereocenters. The quantitative estimate of drug-likeness (QED) is 0.921. The van der Waals surface area contributed by atoms with Crippen LogP contribution < -0.4 is 5.32 Å². The number of nitrogens with one attached hydrogen (secondary N) is 1. The van der Waals surface area contributed by atoms with Crippen molar-refractivity contribution in [2.75, 3.05) is 13.1 Å². The maximum atomic E-state index is 13.4. The van der Waals surface area contributed by atoms with Crippen molar-refractivity contribution in [2.45, 2.75) is 31.5 Å². The van der Waals surface area contributed by atoms with E-state index in [0.717, 1.165) is 25.2 Å². The van der Waals surface area contributed by atoms with E-state index >= 15 is 0 Å². The molecule has 124 valence electrons. The van der Waals surface area contributed by atoms with Gasteiger partial charge in [0.1, 0.15) is 5.82 Å². The Hall–Kier alpha value is -1.97. The molecule has 2 aromatic rings. The van der Waals surface area contributed by atoms with Crippen molar-refractivity contribution >= 4 is 6.08 Å². The molecular formula is C21H23FN2. The highest BCUT2D eigenvalue weighted by Crippen LogP contribution is 2.43. The number of allylic oxidation sites excluding steroid dienone is 1. The van der Waals surface area contributed by atoms with Crippen LogP contribution in [0.4, 0.5) is 4.39 Å². The molecule has 0 radical (unpaired) electrons. The SMILES string of the molecule is C/C=C/c1ccc(C2[C@H]3CNC[C@@H]2N3Cc2cccc(F)c2)cc1. The van der Waals surface area contributed by atoms with Crippen LogP contribution in [-0.4, -0.2) is 30.1 Å². The first-order chi connectivity index (χ1) is 11.8. The van der Waals surface area contributed by atoms with Crippen LogP contribution in [0.2, 0.25) is 0 Å². The minimum atomic E-state index is -0.146. The van der Waals surface area contributed by atoms with E-state index in [9.17, 15) is 4.39 Å². The van der Waals surface area contributed by atoms with Gasteiger partial charge in [-0.1, -0.05) is 48.6 Å². The fraction of sp³-hybridized carbons (Fsp3) is 0.333. The Morgan fingerprint density at radius 2 is 1.88 bits per heavy atom. The second kappa shape index (κ2) is 6.50. The highest BCUT2D eigenvalue weighted by molar-refractivity contribution is 5.50. The van der Waals surface area contributed by atoms with Gasteiger partial charge in [-0.25, -0.2) is 4.39 Å². The lowest BCUT2D eigenvalue weighted by Crippen LogP contribution is -2.72. The zero-order valence-corrected chi connectivity index (χ0v) is 14.0. The van der Waals surface area contributed by atoms with Crippen LogP contribution >= 0.6 is 0 Å². The first-order valence-corrected chi connectivity index (χ1v) is 8.70. The van der Waals surface area contributed by atoms with Crippen LogP contribution in [0.3, 0.4) is 0 Å². The van der Waals surface area contributed by atoms with Crippen LogP contribution in [0.15, 0.2) is 54.6 Å². The Morgan fingerprint density at radius 1 is 1.12 bits per heavy atom. The summed E-state index contributed by atoms with van der Waals surface area (Å²) in [5.41, 5.74) is 3.74. The van der Waals surface area contributed by atoms with E-state index in [0.29, 0.717) is 18.0 Å². The third-order valence-electron chi connectivity index (χ3n) is 5.32. The molecule has 4 rings (SSSR count). The minimum absolute atomic E-state index is 0.146. The maximum Gasteiger partial charge on any atom is 0.123 e. The third kappa shape index (κ3) is 2.79. The molecule has 0 saturated carbocycles. The van der Waals surface area contributed by atoms with Crippen molar-refractivity contribution in [1.82, 2.24) is 10.2 Å².